The van der Waals surface area contributed by atoms with E-state index in [1.165, 1.54) is 9.80 Å². The number of primary amides is 1. The third-order valence-electron chi connectivity index (χ3n) is 3.40. The van der Waals surface area contributed by atoms with Crippen molar-refractivity contribution in [2.45, 2.75) is 20.8 Å². The van der Waals surface area contributed by atoms with Crippen molar-refractivity contribution in [1.82, 2.24) is 9.80 Å². The Morgan fingerprint density at radius 2 is 1.95 bits per heavy atom. The summed E-state index contributed by atoms with van der Waals surface area (Å²) in [5, 5.41) is 9.09. The smallest absolute Gasteiger partial charge is 0.320 e. The van der Waals surface area contributed by atoms with Gasteiger partial charge in [0.2, 0.25) is 5.91 Å². The van der Waals surface area contributed by atoms with E-state index in [1.54, 1.807) is 0 Å². The van der Waals surface area contributed by atoms with Gasteiger partial charge in [-0.1, -0.05) is 20.8 Å². The number of carboxylic acids is 1. The number of amides is 3. The third kappa shape index (κ3) is 4.11. The minimum Gasteiger partial charge on any atom is -0.481 e. The SMILES string of the molecule is CC(C)CN(CC(N)=O)C(=O)N1CC(C)C(C(=O)O)C1. The number of nitrogens with zero attached hydrogens (tertiary/aromatic N) is 2. The molecule has 7 nitrogen and oxygen atoms in total. The summed E-state index contributed by atoms with van der Waals surface area (Å²) in [6.07, 6.45) is 0. The van der Waals surface area contributed by atoms with E-state index < -0.39 is 17.8 Å². The monoisotopic (exact) mass is 285 g/mol. The lowest BCUT2D eigenvalue weighted by Crippen LogP contribution is -2.47. The molecular formula is C13H23N3O4. The van der Waals surface area contributed by atoms with Crippen LogP contribution in [0.4, 0.5) is 4.79 Å². The van der Waals surface area contributed by atoms with Crippen molar-refractivity contribution < 1.29 is 19.5 Å². The van der Waals surface area contributed by atoms with Crippen LogP contribution in [0.15, 0.2) is 0 Å². The Bertz CT molecular complexity index is 397. The summed E-state index contributed by atoms with van der Waals surface area (Å²) in [4.78, 5) is 37.4. The van der Waals surface area contributed by atoms with Crippen LogP contribution in [0.3, 0.4) is 0 Å². The van der Waals surface area contributed by atoms with Crippen LogP contribution in [0, 0.1) is 17.8 Å². The Morgan fingerprint density at radius 3 is 2.35 bits per heavy atom. The molecule has 2 unspecified atom stereocenters. The second-order valence-corrected chi connectivity index (χ2v) is 5.85. The number of carbonyl (C=O) groups excluding carboxylic acids is 2. The van der Waals surface area contributed by atoms with Gasteiger partial charge in [0.25, 0.3) is 0 Å². The fraction of sp³-hybridized carbons (Fsp3) is 0.769. The average Bonchev–Trinajstić information content (AvgIpc) is 2.68. The normalized spacial score (nSPS) is 22.1. The zero-order valence-corrected chi connectivity index (χ0v) is 12.2. The molecule has 1 aliphatic heterocycles. The first kappa shape index (κ1) is 16.3. The Balaban J connectivity index is 2.75. The Kier molecular flexibility index (Phi) is 5.35. The van der Waals surface area contributed by atoms with Crippen LogP contribution in [0.25, 0.3) is 0 Å². The summed E-state index contributed by atoms with van der Waals surface area (Å²) in [5.74, 6) is -1.90. The van der Waals surface area contributed by atoms with Crippen LogP contribution in [-0.2, 0) is 9.59 Å². The largest absolute Gasteiger partial charge is 0.481 e. The maximum Gasteiger partial charge on any atom is 0.320 e. The van der Waals surface area contributed by atoms with E-state index in [0.29, 0.717) is 13.1 Å². The van der Waals surface area contributed by atoms with Crippen LogP contribution in [-0.4, -0.2) is 59.0 Å². The molecule has 2 atom stereocenters. The molecule has 1 aliphatic rings. The van der Waals surface area contributed by atoms with Gasteiger partial charge in [0.05, 0.1) is 5.92 Å². The third-order valence-corrected chi connectivity index (χ3v) is 3.40. The molecule has 7 heteroatoms. The number of hydrogen-bond acceptors (Lipinski definition) is 3. The Morgan fingerprint density at radius 1 is 1.35 bits per heavy atom. The maximum atomic E-state index is 12.4. The second kappa shape index (κ2) is 6.58. The zero-order valence-electron chi connectivity index (χ0n) is 12.2. The summed E-state index contributed by atoms with van der Waals surface area (Å²) >= 11 is 0. The minimum atomic E-state index is -0.891. The standard InChI is InChI=1S/C13H23N3O4/c1-8(2)4-15(7-11(14)17)13(20)16-5-9(3)10(6-16)12(18)19/h8-10H,4-7H2,1-3H3,(H2,14,17)(H,18,19). The van der Waals surface area contributed by atoms with Crippen molar-refractivity contribution in [3.05, 3.63) is 0 Å². The van der Waals surface area contributed by atoms with E-state index in [-0.39, 0.29) is 31.0 Å². The summed E-state index contributed by atoms with van der Waals surface area (Å²) in [6.45, 7) is 6.55. The second-order valence-electron chi connectivity index (χ2n) is 5.85. The first-order chi connectivity index (χ1) is 9.22. The molecule has 3 N–H and O–H groups in total. The molecule has 0 aromatic carbocycles. The van der Waals surface area contributed by atoms with E-state index in [0.717, 1.165) is 0 Å². The number of rotatable bonds is 5. The quantitative estimate of drug-likeness (QED) is 0.753. The van der Waals surface area contributed by atoms with Gasteiger partial charge in [0, 0.05) is 19.6 Å². The van der Waals surface area contributed by atoms with Crippen LogP contribution in [0.5, 0.6) is 0 Å². The van der Waals surface area contributed by atoms with Crippen LogP contribution < -0.4 is 5.73 Å². The van der Waals surface area contributed by atoms with E-state index >= 15 is 0 Å². The molecule has 20 heavy (non-hydrogen) atoms. The minimum absolute atomic E-state index is 0.0917. The van der Waals surface area contributed by atoms with Crippen molar-refractivity contribution in [1.29, 1.82) is 0 Å². The molecule has 114 valence electrons. The highest BCUT2D eigenvalue weighted by Gasteiger charge is 2.38. The number of nitrogens with two attached hydrogens (primary N) is 1. The van der Waals surface area contributed by atoms with Crippen molar-refractivity contribution >= 4 is 17.9 Å². The lowest BCUT2D eigenvalue weighted by molar-refractivity contribution is -0.142. The number of hydrogen-bond donors (Lipinski definition) is 2. The zero-order chi connectivity index (χ0) is 15.4. The number of aliphatic carboxylic acids is 1. The van der Waals surface area contributed by atoms with Crippen LogP contribution in [0.2, 0.25) is 0 Å². The highest BCUT2D eigenvalue weighted by molar-refractivity contribution is 5.83. The van der Waals surface area contributed by atoms with E-state index in [1.807, 2.05) is 20.8 Å². The molecule has 0 radical (unpaired) electrons. The molecule has 0 bridgehead atoms. The van der Waals surface area contributed by atoms with E-state index in [4.69, 9.17) is 10.8 Å². The van der Waals surface area contributed by atoms with Crippen molar-refractivity contribution in [2.75, 3.05) is 26.2 Å². The Hall–Kier alpha value is -1.79. The fourth-order valence-corrected chi connectivity index (χ4v) is 2.48. The summed E-state index contributed by atoms with van der Waals surface area (Å²) in [6, 6.07) is -0.312. The molecule has 0 aliphatic carbocycles. The molecule has 0 spiro atoms. The molecule has 0 saturated carbocycles. The lowest BCUT2D eigenvalue weighted by Gasteiger charge is -2.28. The van der Waals surface area contributed by atoms with Crippen molar-refractivity contribution in [3.8, 4) is 0 Å². The summed E-state index contributed by atoms with van der Waals surface area (Å²) < 4.78 is 0. The van der Waals surface area contributed by atoms with E-state index in [9.17, 15) is 14.4 Å². The number of urea groups is 1. The molecule has 1 rings (SSSR count). The van der Waals surface area contributed by atoms with Crippen molar-refractivity contribution in [2.24, 2.45) is 23.5 Å². The predicted octanol–water partition coefficient (Wildman–Crippen LogP) is 0.202. The highest BCUT2D eigenvalue weighted by Crippen LogP contribution is 2.24. The average molecular weight is 285 g/mol. The molecule has 0 aromatic rings. The first-order valence-electron chi connectivity index (χ1n) is 6.77. The molecule has 1 heterocycles. The predicted molar refractivity (Wildman–Crippen MR) is 72.9 cm³/mol. The van der Waals surface area contributed by atoms with Crippen molar-refractivity contribution in [3.63, 3.8) is 0 Å². The topological polar surface area (TPSA) is 104 Å². The van der Waals surface area contributed by atoms with E-state index in [2.05, 4.69) is 0 Å². The van der Waals surface area contributed by atoms with Crippen LogP contribution >= 0.6 is 0 Å². The molecular weight excluding hydrogens is 262 g/mol. The lowest BCUT2D eigenvalue weighted by atomic mass is 9.99. The van der Waals surface area contributed by atoms with Crippen LogP contribution in [0.1, 0.15) is 20.8 Å². The molecule has 1 saturated heterocycles. The van der Waals surface area contributed by atoms with Gasteiger partial charge in [-0.05, 0) is 11.8 Å². The van der Waals surface area contributed by atoms with Gasteiger partial charge in [-0.2, -0.15) is 0 Å². The maximum absolute atomic E-state index is 12.4. The van der Waals surface area contributed by atoms with Gasteiger partial charge >= 0.3 is 12.0 Å². The first-order valence-corrected chi connectivity index (χ1v) is 6.77. The van der Waals surface area contributed by atoms with Gasteiger partial charge in [0.1, 0.15) is 6.54 Å². The highest BCUT2D eigenvalue weighted by atomic mass is 16.4. The van der Waals surface area contributed by atoms with Gasteiger partial charge in [-0.25, -0.2) is 4.79 Å². The van der Waals surface area contributed by atoms with Gasteiger partial charge < -0.3 is 20.6 Å². The molecule has 1 fully saturated rings. The van der Waals surface area contributed by atoms with Gasteiger partial charge in [0.15, 0.2) is 0 Å². The van der Waals surface area contributed by atoms with Gasteiger partial charge in [-0.3, -0.25) is 9.59 Å². The summed E-state index contributed by atoms with van der Waals surface area (Å²) in [7, 11) is 0. The fourth-order valence-electron chi connectivity index (χ4n) is 2.48. The summed E-state index contributed by atoms with van der Waals surface area (Å²) in [5.41, 5.74) is 5.16. The molecule has 0 aromatic heterocycles. The Labute approximate surface area is 118 Å². The number of likely N-dealkylation sites (tertiary alicyclic amines) is 1. The molecule has 3 amide bonds. The number of carbonyl (C=O) groups is 3. The van der Waals surface area contributed by atoms with Gasteiger partial charge in [-0.15, -0.1) is 0 Å². The number of carboxylic acid groups (broad SMARTS) is 1.